The van der Waals surface area contributed by atoms with Crippen LogP contribution in [0.2, 0.25) is 0 Å². The number of carbonyl (C=O) groups is 3. The van der Waals surface area contributed by atoms with Gasteiger partial charge in [0.2, 0.25) is 5.91 Å². The first kappa shape index (κ1) is 16.8. The number of nitrogens with zero attached hydrogens (tertiary/aromatic N) is 2. The van der Waals surface area contributed by atoms with E-state index in [-0.39, 0.29) is 24.6 Å². The third-order valence-electron chi connectivity index (χ3n) is 5.06. The summed E-state index contributed by atoms with van der Waals surface area (Å²) in [6, 6.07) is 8.13. The molecule has 138 valence electrons. The van der Waals surface area contributed by atoms with Crippen molar-refractivity contribution in [3.05, 3.63) is 35.9 Å². The zero-order valence-corrected chi connectivity index (χ0v) is 14.3. The van der Waals surface area contributed by atoms with Gasteiger partial charge in [0.05, 0.1) is 6.61 Å². The Morgan fingerprint density at radius 2 is 2.04 bits per heavy atom. The Labute approximate surface area is 151 Å². The predicted molar refractivity (Wildman–Crippen MR) is 89.7 cm³/mol. The van der Waals surface area contributed by atoms with Crippen molar-refractivity contribution in [3.63, 3.8) is 0 Å². The Morgan fingerprint density at radius 1 is 1.23 bits per heavy atom. The van der Waals surface area contributed by atoms with Crippen LogP contribution >= 0.6 is 0 Å². The summed E-state index contributed by atoms with van der Waals surface area (Å²) in [5, 5.41) is 2.73. The average molecular weight is 359 g/mol. The van der Waals surface area contributed by atoms with E-state index in [1.54, 1.807) is 4.90 Å². The molecule has 1 aromatic carbocycles. The molecule has 3 aliphatic rings. The fraction of sp³-hybridized carbons (Fsp3) is 0.500. The molecule has 3 fully saturated rings. The van der Waals surface area contributed by atoms with Gasteiger partial charge in [0.15, 0.2) is 12.3 Å². The Kier molecular flexibility index (Phi) is 4.50. The van der Waals surface area contributed by atoms with Crippen LogP contribution in [0.15, 0.2) is 30.3 Å². The van der Waals surface area contributed by atoms with Crippen molar-refractivity contribution in [2.45, 2.75) is 37.8 Å². The van der Waals surface area contributed by atoms with Crippen LogP contribution in [0, 0.1) is 0 Å². The lowest BCUT2D eigenvalue weighted by Gasteiger charge is -2.41. The first-order chi connectivity index (χ1) is 12.6. The normalized spacial score (nSPS) is 27.1. The van der Waals surface area contributed by atoms with Crippen LogP contribution in [0.1, 0.15) is 18.4 Å². The molecule has 1 N–H and O–H groups in total. The van der Waals surface area contributed by atoms with Gasteiger partial charge in [-0.1, -0.05) is 30.3 Å². The smallest absolute Gasteiger partial charge is 0.410 e. The van der Waals surface area contributed by atoms with E-state index >= 15 is 0 Å². The van der Waals surface area contributed by atoms with Gasteiger partial charge in [0.1, 0.15) is 12.6 Å². The minimum absolute atomic E-state index is 0.128. The molecule has 3 amide bonds. The van der Waals surface area contributed by atoms with E-state index in [2.05, 4.69) is 5.32 Å². The summed E-state index contributed by atoms with van der Waals surface area (Å²) in [6.07, 6.45) is 0.405. The second-order valence-corrected chi connectivity index (χ2v) is 6.67. The van der Waals surface area contributed by atoms with Gasteiger partial charge < -0.3 is 19.7 Å². The van der Waals surface area contributed by atoms with Gasteiger partial charge in [-0.05, 0) is 18.4 Å². The lowest BCUT2D eigenvalue weighted by molar-refractivity contribution is -0.165. The third kappa shape index (κ3) is 3.01. The summed E-state index contributed by atoms with van der Waals surface area (Å²) in [5.41, 5.74) is 0.889. The van der Waals surface area contributed by atoms with E-state index in [1.165, 1.54) is 4.90 Å². The van der Waals surface area contributed by atoms with Crippen molar-refractivity contribution in [3.8, 4) is 0 Å². The molecule has 0 radical (unpaired) electrons. The van der Waals surface area contributed by atoms with Gasteiger partial charge in [-0.3, -0.25) is 14.5 Å². The maximum atomic E-state index is 12.6. The van der Waals surface area contributed by atoms with Gasteiger partial charge >= 0.3 is 6.09 Å². The van der Waals surface area contributed by atoms with Crippen molar-refractivity contribution in [1.82, 2.24) is 15.1 Å². The highest BCUT2D eigenvalue weighted by Crippen LogP contribution is 2.27. The molecule has 3 atom stereocenters. The highest BCUT2D eigenvalue weighted by atomic mass is 16.6. The molecule has 0 aromatic heterocycles. The first-order valence-electron chi connectivity index (χ1n) is 8.85. The molecule has 8 heteroatoms. The first-order valence-corrected chi connectivity index (χ1v) is 8.85. The number of ether oxygens (including phenoxy) is 2. The van der Waals surface area contributed by atoms with Gasteiger partial charge in [0.25, 0.3) is 5.91 Å². The topological polar surface area (TPSA) is 88.2 Å². The molecule has 0 saturated carbocycles. The number of carbonyl (C=O) groups excluding carboxylic acids is 3. The van der Waals surface area contributed by atoms with Gasteiger partial charge in [-0.25, -0.2) is 4.79 Å². The van der Waals surface area contributed by atoms with Crippen LogP contribution in [-0.4, -0.2) is 65.7 Å². The quantitative estimate of drug-likeness (QED) is 0.790. The number of rotatable bonds is 4. The highest BCUT2D eigenvalue weighted by molar-refractivity contribution is 5.95. The summed E-state index contributed by atoms with van der Waals surface area (Å²) in [4.78, 5) is 40.0. The van der Waals surface area contributed by atoms with E-state index in [0.29, 0.717) is 26.1 Å². The van der Waals surface area contributed by atoms with Gasteiger partial charge in [-0.15, -0.1) is 0 Å². The van der Waals surface area contributed by atoms with Crippen molar-refractivity contribution in [2.24, 2.45) is 0 Å². The van der Waals surface area contributed by atoms with Gasteiger partial charge in [-0.2, -0.15) is 0 Å². The van der Waals surface area contributed by atoms with Crippen molar-refractivity contribution >= 4 is 17.9 Å². The average Bonchev–Trinajstić information content (AvgIpc) is 3.32. The molecular formula is C18H21N3O5. The van der Waals surface area contributed by atoms with Crippen LogP contribution in [0.4, 0.5) is 4.79 Å². The Balaban J connectivity index is 1.33. The molecule has 3 saturated heterocycles. The Morgan fingerprint density at radius 3 is 2.85 bits per heavy atom. The number of hydrogen-bond donors (Lipinski definition) is 1. The standard InChI is InChI=1S/C18H21N3O5/c22-15(19-14-16(23)21-9-10-25-17(14)21)13-7-4-8-20(13)18(24)26-11-12-5-2-1-3-6-12/h1-3,5-6,13-14,17H,4,7-11H2,(H,19,22)/t13-,14+,17+/m0/s1. The van der Waals surface area contributed by atoms with Crippen LogP contribution in [0.25, 0.3) is 0 Å². The Hall–Kier alpha value is -2.61. The summed E-state index contributed by atoms with van der Waals surface area (Å²) >= 11 is 0. The molecule has 4 rings (SSSR count). The maximum Gasteiger partial charge on any atom is 0.410 e. The monoisotopic (exact) mass is 359 g/mol. The molecule has 0 bridgehead atoms. The summed E-state index contributed by atoms with van der Waals surface area (Å²) in [5.74, 6) is -0.454. The summed E-state index contributed by atoms with van der Waals surface area (Å²) < 4.78 is 10.8. The molecule has 0 spiro atoms. The molecule has 3 aliphatic heterocycles. The molecular weight excluding hydrogens is 338 g/mol. The van der Waals surface area contributed by atoms with Crippen molar-refractivity contribution < 1.29 is 23.9 Å². The lowest BCUT2D eigenvalue weighted by Crippen LogP contribution is -2.69. The fourth-order valence-corrected chi connectivity index (χ4v) is 3.66. The number of benzene rings is 1. The molecule has 0 aliphatic carbocycles. The number of fused-ring (bicyclic) bond motifs is 1. The number of hydrogen-bond acceptors (Lipinski definition) is 5. The second-order valence-electron chi connectivity index (χ2n) is 6.67. The van der Waals surface area contributed by atoms with Crippen molar-refractivity contribution in [1.29, 1.82) is 0 Å². The molecule has 0 unspecified atom stereocenters. The second kappa shape index (κ2) is 6.95. The zero-order chi connectivity index (χ0) is 18.1. The van der Waals surface area contributed by atoms with Crippen LogP contribution in [0.5, 0.6) is 0 Å². The Bertz CT molecular complexity index is 710. The summed E-state index contributed by atoms with van der Waals surface area (Å²) in [6.45, 7) is 1.69. The van der Waals surface area contributed by atoms with E-state index in [1.807, 2.05) is 30.3 Å². The van der Waals surface area contributed by atoms with Crippen LogP contribution in [-0.2, 0) is 25.7 Å². The third-order valence-corrected chi connectivity index (χ3v) is 5.06. The summed E-state index contributed by atoms with van der Waals surface area (Å²) in [7, 11) is 0. The lowest BCUT2D eigenvalue weighted by atomic mass is 10.1. The van der Waals surface area contributed by atoms with Crippen LogP contribution in [0.3, 0.4) is 0 Å². The molecule has 26 heavy (non-hydrogen) atoms. The largest absolute Gasteiger partial charge is 0.445 e. The minimum atomic E-state index is -0.646. The van der Waals surface area contributed by atoms with E-state index in [0.717, 1.165) is 12.0 Å². The van der Waals surface area contributed by atoms with E-state index < -0.39 is 18.2 Å². The zero-order valence-electron chi connectivity index (χ0n) is 14.3. The van der Waals surface area contributed by atoms with Gasteiger partial charge in [0, 0.05) is 13.1 Å². The van der Waals surface area contributed by atoms with E-state index in [9.17, 15) is 14.4 Å². The maximum absolute atomic E-state index is 12.6. The fourth-order valence-electron chi connectivity index (χ4n) is 3.66. The number of amides is 3. The predicted octanol–water partition coefficient (Wildman–Crippen LogP) is 0.471. The van der Waals surface area contributed by atoms with Crippen molar-refractivity contribution in [2.75, 3.05) is 19.7 Å². The number of β-lactam (4-membered cyclic amide) rings is 1. The molecule has 3 heterocycles. The molecule has 1 aromatic rings. The minimum Gasteiger partial charge on any atom is -0.445 e. The van der Waals surface area contributed by atoms with Crippen LogP contribution < -0.4 is 5.32 Å². The SMILES string of the molecule is O=C(N[C@@H]1C(=O)N2CCO[C@H]12)[C@@H]1CCCN1C(=O)OCc1ccccc1. The number of nitrogens with one attached hydrogen (secondary N) is 1. The van der Waals surface area contributed by atoms with E-state index in [4.69, 9.17) is 9.47 Å². The molecule has 8 nitrogen and oxygen atoms in total. The number of likely N-dealkylation sites (tertiary alicyclic amines) is 1. The highest BCUT2D eigenvalue weighted by Gasteiger charge is 2.52.